The molecule has 0 aromatic heterocycles. The fraction of sp³-hybridized carbons (Fsp3) is 0.212. The minimum Gasteiger partial charge on any atom is -0.497 e. The molecule has 0 saturated carbocycles. The molecule has 0 saturated heterocycles. The van der Waals surface area contributed by atoms with E-state index in [1.807, 2.05) is 48.5 Å². The summed E-state index contributed by atoms with van der Waals surface area (Å²) in [4.78, 5) is 31.8. The number of hydrogen-bond acceptors (Lipinski definition) is 7. The molecular weight excluding hydrogens is 502 g/mol. The van der Waals surface area contributed by atoms with Gasteiger partial charge in [0.05, 0.1) is 26.6 Å². The molecule has 0 aliphatic carbocycles. The summed E-state index contributed by atoms with van der Waals surface area (Å²) < 4.78 is 10.8. The van der Waals surface area contributed by atoms with E-state index >= 15 is 0 Å². The first-order chi connectivity index (χ1) is 19.4. The van der Waals surface area contributed by atoms with Gasteiger partial charge < -0.3 is 24.2 Å². The lowest BCUT2D eigenvalue weighted by molar-refractivity contribution is 0.100. The van der Waals surface area contributed by atoms with Crippen molar-refractivity contribution >= 4 is 40.0 Å². The SMILES string of the molecule is COc1ccc(N(c2ccc(OC)cc2)c2ccc3c(c2)N2Cc4c(C(C)=O)ccc(C(C)=O)c4N(C3)C2)cc1. The number of hydrogen-bond donors (Lipinski definition) is 0. The van der Waals surface area contributed by atoms with E-state index in [-0.39, 0.29) is 11.6 Å². The molecule has 6 rings (SSSR count). The summed E-state index contributed by atoms with van der Waals surface area (Å²) in [6, 6.07) is 26.1. The number of nitrogens with zero attached hydrogens (tertiary/aromatic N) is 3. The predicted octanol–water partition coefficient (Wildman–Crippen LogP) is 6.88. The van der Waals surface area contributed by atoms with E-state index in [9.17, 15) is 9.59 Å². The average Bonchev–Trinajstić information content (AvgIpc) is 2.97. The zero-order valence-corrected chi connectivity index (χ0v) is 23.1. The van der Waals surface area contributed by atoms with E-state index in [4.69, 9.17) is 9.47 Å². The minimum absolute atomic E-state index is 0.00730. The lowest BCUT2D eigenvalue weighted by atomic mass is 9.91. The topological polar surface area (TPSA) is 62.3 Å². The Morgan fingerprint density at radius 3 is 1.77 bits per heavy atom. The molecule has 7 heteroatoms. The molecule has 0 radical (unpaired) electrons. The highest BCUT2D eigenvalue weighted by Crippen LogP contribution is 2.44. The van der Waals surface area contributed by atoms with Gasteiger partial charge in [-0.3, -0.25) is 9.59 Å². The maximum atomic E-state index is 12.6. The summed E-state index contributed by atoms with van der Waals surface area (Å²) in [6.45, 7) is 5.05. The van der Waals surface area contributed by atoms with Crippen LogP contribution in [-0.4, -0.2) is 32.5 Å². The van der Waals surface area contributed by atoms with Gasteiger partial charge in [-0.15, -0.1) is 0 Å². The second kappa shape index (κ2) is 10.1. The number of Topliss-reactive ketones (excluding diaryl/α,β-unsaturated/α-hetero) is 2. The zero-order chi connectivity index (χ0) is 28.0. The van der Waals surface area contributed by atoms with Crippen molar-refractivity contribution in [3.63, 3.8) is 0 Å². The van der Waals surface area contributed by atoms with E-state index in [2.05, 4.69) is 32.9 Å². The molecule has 202 valence electrons. The predicted molar refractivity (Wildman–Crippen MR) is 158 cm³/mol. The third-order valence-corrected chi connectivity index (χ3v) is 7.74. The largest absolute Gasteiger partial charge is 0.497 e. The van der Waals surface area contributed by atoms with Crippen LogP contribution in [0.25, 0.3) is 0 Å². The Morgan fingerprint density at radius 1 is 0.675 bits per heavy atom. The highest BCUT2D eigenvalue weighted by Gasteiger charge is 2.34. The van der Waals surface area contributed by atoms with Crippen molar-refractivity contribution < 1.29 is 19.1 Å². The molecule has 4 aromatic rings. The number of carbonyl (C=O) groups is 2. The molecule has 0 fully saturated rings. The second-order valence-electron chi connectivity index (χ2n) is 10.2. The summed E-state index contributed by atoms with van der Waals surface area (Å²) in [5.41, 5.74) is 8.46. The van der Waals surface area contributed by atoms with Gasteiger partial charge in [-0.25, -0.2) is 0 Å². The van der Waals surface area contributed by atoms with Gasteiger partial charge >= 0.3 is 0 Å². The highest BCUT2D eigenvalue weighted by atomic mass is 16.5. The summed E-state index contributed by atoms with van der Waals surface area (Å²) in [7, 11) is 3.33. The molecule has 40 heavy (non-hydrogen) atoms. The molecule has 7 nitrogen and oxygen atoms in total. The van der Waals surface area contributed by atoms with Crippen LogP contribution in [0.4, 0.5) is 28.4 Å². The van der Waals surface area contributed by atoms with Gasteiger partial charge in [0, 0.05) is 52.5 Å². The molecule has 4 aromatic carbocycles. The number of carbonyl (C=O) groups excluding carboxylic acids is 2. The number of ketones is 2. The standard InChI is InChI=1S/C33H31N3O4/c1-21(37)29-15-16-30(22(2)38)33-31(29)19-34-20-35(33)18-23-5-6-26(17-32(23)34)36(24-7-11-27(39-3)12-8-24)25-9-13-28(40-4)14-10-25/h5-17H,18-20H2,1-4H3. The monoisotopic (exact) mass is 533 g/mol. The van der Waals surface area contributed by atoms with E-state index in [0.29, 0.717) is 30.9 Å². The van der Waals surface area contributed by atoms with Crippen molar-refractivity contribution in [2.75, 3.05) is 35.6 Å². The van der Waals surface area contributed by atoms with E-state index in [1.165, 1.54) is 5.56 Å². The van der Waals surface area contributed by atoms with Crippen molar-refractivity contribution in [2.45, 2.75) is 26.9 Å². The fourth-order valence-corrected chi connectivity index (χ4v) is 5.81. The third-order valence-electron chi connectivity index (χ3n) is 7.74. The Bertz CT molecular complexity index is 1570. The molecule has 0 unspecified atom stereocenters. The number of rotatable bonds is 7. The molecular formula is C33H31N3O4. The smallest absolute Gasteiger partial charge is 0.161 e. The molecule has 2 aliphatic heterocycles. The molecule has 0 atom stereocenters. The summed E-state index contributed by atoms with van der Waals surface area (Å²) in [5.74, 6) is 1.60. The maximum Gasteiger partial charge on any atom is 0.161 e. The van der Waals surface area contributed by atoms with Crippen LogP contribution in [0.5, 0.6) is 11.5 Å². The number of methoxy groups -OCH3 is 2. The van der Waals surface area contributed by atoms with Crippen LogP contribution in [-0.2, 0) is 13.1 Å². The Hall–Kier alpha value is -4.78. The number of anilines is 5. The van der Waals surface area contributed by atoms with Crippen molar-refractivity contribution in [3.05, 3.63) is 101 Å². The van der Waals surface area contributed by atoms with Crippen LogP contribution in [0.3, 0.4) is 0 Å². The van der Waals surface area contributed by atoms with Crippen LogP contribution in [0.1, 0.15) is 45.7 Å². The molecule has 2 heterocycles. The van der Waals surface area contributed by atoms with Gasteiger partial charge in [0.2, 0.25) is 0 Å². The highest BCUT2D eigenvalue weighted by molar-refractivity contribution is 6.05. The Kier molecular flexibility index (Phi) is 6.42. The number of fused-ring (bicyclic) bond motifs is 6. The number of ether oxygens (including phenoxy) is 2. The van der Waals surface area contributed by atoms with Crippen LogP contribution in [0.2, 0.25) is 0 Å². The molecule has 0 spiro atoms. The van der Waals surface area contributed by atoms with Gasteiger partial charge in [-0.1, -0.05) is 12.1 Å². The summed E-state index contributed by atoms with van der Waals surface area (Å²) in [5, 5.41) is 0. The first-order valence-corrected chi connectivity index (χ1v) is 13.3. The van der Waals surface area contributed by atoms with Gasteiger partial charge in [-0.2, -0.15) is 0 Å². The lowest BCUT2D eigenvalue weighted by Gasteiger charge is -2.46. The average molecular weight is 534 g/mol. The third kappa shape index (κ3) is 4.33. The zero-order valence-electron chi connectivity index (χ0n) is 23.1. The summed E-state index contributed by atoms with van der Waals surface area (Å²) >= 11 is 0. The molecule has 2 bridgehead atoms. The molecule has 0 N–H and O–H groups in total. The van der Waals surface area contributed by atoms with E-state index < -0.39 is 0 Å². The molecule has 2 aliphatic rings. The van der Waals surface area contributed by atoms with Gasteiger partial charge in [0.15, 0.2) is 11.6 Å². The van der Waals surface area contributed by atoms with Crippen LogP contribution < -0.4 is 24.2 Å². The second-order valence-corrected chi connectivity index (χ2v) is 10.2. The summed E-state index contributed by atoms with van der Waals surface area (Å²) in [6.07, 6.45) is 0. The van der Waals surface area contributed by atoms with Gasteiger partial charge in [0.1, 0.15) is 11.5 Å². The maximum absolute atomic E-state index is 12.6. The fourth-order valence-electron chi connectivity index (χ4n) is 5.81. The van der Waals surface area contributed by atoms with Gasteiger partial charge in [-0.05, 0) is 86.1 Å². The molecule has 0 amide bonds. The van der Waals surface area contributed by atoms with Crippen LogP contribution in [0, 0.1) is 0 Å². The first kappa shape index (κ1) is 25.5. The Labute approximate surface area is 234 Å². The van der Waals surface area contributed by atoms with Crippen molar-refractivity contribution in [3.8, 4) is 11.5 Å². The quantitative estimate of drug-likeness (QED) is 0.240. The Balaban J connectivity index is 1.44. The van der Waals surface area contributed by atoms with E-state index in [0.717, 1.165) is 45.5 Å². The van der Waals surface area contributed by atoms with Crippen molar-refractivity contribution in [1.29, 1.82) is 0 Å². The van der Waals surface area contributed by atoms with Crippen molar-refractivity contribution in [2.24, 2.45) is 0 Å². The van der Waals surface area contributed by atoms with Gasteiger partial charge in [0.25, 0.3) is 0 Å². The lowest BCUT2D eigenvalue weighted by Crippen LogP contribution is -2.47. The van der Waals surface area contributed by atoms with Crippen molar-refractivity contribution in [1.82, 2.24) is 0 Å². The Morgan fingerprint density at radius 2 is 1.23 bits per heavy atom. The van der Waals surface area contributed by atoms with E-state index in [1.54, 1.807) is 40.2 Å². The number of benzene rings is 4. The first-order valence-electron chi connectivity index (χ1n) is 13.3. The van der Waals surface area contributed by atoms with Crippen LogP contribution in [0.15, 0.2) is 78.9 Å². The normalized spacial score (nSPS) is 13.3. The minimum atomic E-state index is 0.00730. The van der Waals surface area contributed by atoms with Crippen LogP contribution >= 0.6 is 0 Å².